The highest BCUT2D eigenvalue weighted by Gasteiger charge is 2.18. The molecule has 1 atom stereocenters. The van der Waals surface area contributed by atoms with Gasteiger partial charge < -0.3 is 14.8 Å². The molecule has 2 aromatic carbocycles. The smallest absolute Gasteiger partial charge is 0.307 e. The number of nitrogens with one attached hydrogen (secondary N) is 1. The lowest BCUT2D eigenvalue weighted by Crippen LogP contribution is -2.30. The molecule has 0 aliphatic heterocycles. The summed E-state index contributed by atoms with van der Waals surface area (Å²) < 4.78 is 23.2. The van der Waals surface area contributed by atoms with Gasteiger partial charge in [0.05, 0.1) is 26.2 Å². The average Bonchev–Trinajstić information content (AvgIpc) is 2.65. The normalized spacial score (nSPS) is 11.5. The lowest BCUT2D eigenvalue weighted by molar-refractivity contribution is -0.141. The van der Waals surface area contributed by atoms with E-state index >= 15 is 0 Å². The van der Waals surface area contributed by atoms with E-state index < -0.39 is 12.0 Å². The van der Waals surface area contributed by atoms with Crippen LogP contribution in [0.15, 0.2) is 48.5 Å². The van der Waals surface area contributed by atoms with E-state index in [1.54, 1.807) is 12.1 Å². The van der Waals surface area contributed by atoms with Gasteiger partial charge in [-0.05, 0) is 31.0 Å². The summed E-state index contributed by atoms with van der Waals surface area (Å²) in [5.41, 5.74) is 1.94. The number of benzene rings is 2. The zero-order chi connectivity index (χ0) is 19.6. The van der Waals surface area contributed by atoms with E-state index in [9.17, 15) is 14.0 Å². The summed E-state index contributed by atoms with van der Waals surface area (Å²) in [5.74, 6) is -0.518. The Morgan fingerprint density at radius 1 is 1.15 bits per heavy atom. The molecule has 1 unspecified atom stereocenters. The van der Waals surface area contributed by atoms with Crippen molar-refractivity contribution < 1.29 is 23.5 Å². The summed E-state index contributed by atoms with van der Waals surface area (Å²) in [4.78, 5) is 23.9. The van der Waals surface area contributed by atoms with E-state index in [1.807, 2.05) is 31.2 Å². The molecule has 27 heavy (non-hydrogen) atoms. The lowest BCUT2D eigenvalue weighted by atomic mass is 10.0. The molecule has 0 heterocycles. The highest BCUT2D eigenvalue weighted by atomic mass is 19.1. The van der Waals surface area contributed by atoms with Crippen molar-refractivity contribution in [1.29, 1.82) is 0 Å². The van der Waals surface area contributed by atoms with Crippen LogP contribution in [0.5, 0.6) is 5.75 Å². The van der Waals surface area contributed by atoms with Gasteiger partial charge in [-0.1, -0.05) is 35.9 Å². The fourth-order valence-electron chi connectivity index (χ4n) is 2.55. The number of esters is 1. The summed E-state index contributed by atoms with van der Waals surface area (Å²) in [6.07, 6.45) is 0.769. The Hall–Kier alpha value is -2.89. The van der Waals surface area contributed by atoms with Crippen LogP contribution in [0.25, 0.3) is 0 Å². The molecule has 0 fully saturated rings. The highest BCUT2D eigenvalue weighted by Crippen LogP contribution is 2.19. The summed E-state index contributed by atoms with van der Waals surface area (Å²) in [5, 5.41) is 2.87. The van der Waals surface area contributed by atoms with Crippen LogP contribution in [0.4, 0.5) is 4.39 Å². The maximum Gasteiger partial charge on any atom is 0.307 e. The van der Waals surface area contributed by atoms with Crippen LogP contribution in [0.2, 0.25) is 0 Å². The standard InChI is InChI=1S/C21H24FNO4/c1-15-8-10-16(11-9-15)19(14-21(25)26-2)23-20(24)7-4-12-27-18-6-3-5-17(22)13-18/h3,5-6,8-11,13,19H,4,7,12,14H2,1-2H3,(H,23,24). The maximum atomic E-state index is 13.1. The topological polar surface area (TPSA) is 64.6 Å². The number of amides is 1. The number of carbonyl (C=O) groups excluding carboxylic acids is 2. The third kappa shape index (κ3) is 7.09. The average molecular weight is 373 g/mol. The molecule has 0 aromatic heterocycles. The number of halogens is 1. The molecule has 0 bridgehead atoms. The number of ether oxygens (including phenoxy) is 2. The zero-order valence-electron chi connectivity index (χ0n) is 15.5. The van der Waals surface area contributed by atoms with Gasteiger partial charge in [0, 0.05) is 12.5 Å². The first-order chi connectivity index (χ1) is 13.0. The van der Waals surface area contributed by atoms with Gasteiger partial charge in [0.2, 0.25) is 5.91 Å². The van der Waals surface area contributed by atoms with E-state index in [0.717, 1.165) is 11.1 Å². The second-order valence-electron chi connectivity index (χ2n) is 6.22. The molecule has 0 aliphatic rings. The SMILES string of the molecule is COC(=O)CC(NC(=O)CCCOc1cccc(F)c1)c1ccc(C)cc1. The third-order valence-electron chi connectivity index (χ3n) is 4.03. The lowest BCUT2D eigenvalue weighted by Gasteiger charge is -2.18. The molecular weight excluding hydrogens is 349 g/mol. The fraction of sp³-hybridized carbons (Fsp3) is 0.333. The van der Waals surface area contributed by atoms with Crippen molar-refractivity contribution in [1.82, 2.24) is 5.32 Å². The van der Waals surface area contributed by atoms with E-state index in [4.69, 9.17) is 9.47 Å². The van der Waals surface area contributed by atoms with Crippen LogP contribution < -0.4 is 10.1 Å². The Bertz CT molecular complexity index is 761. The Morgan fingerprint density at radius 2 is 1.89 bits per heavy atom. The molecule has 5 nitrogen and oxygen atoms in total. The summed E-state index contributed by atoms with van der Waals surface area (Å²) in [7, 11) is 1.32. The first kappa shape index (κ1) is 20.4. The number of hydrogen-bond donors (Lipinski definition) is 1. The minimum absolute atomic E-state index is 0.0606. The van der Waals surface area contributed by atoms with Gasteiger partial charge in [-0.15, -0.1) is 0 Å². The van der Waals surface area contributed by atoms with Crippen molar-refractivity contribution >= 4 is 11.9 Å². The molecule has 0 spiro atoms. The van der Waals surface area contributed by atoms with Crippen LogP contribution in [0.1, 0.15) is 36.4 Å². The highest BCUT2D eigenvalue weighted by molar-refractivity contribution is 5.78. The van der Waals surface area contributed by atoms with Crippen molar-refractivity contribution in [3.05, 3.63) is 65.5 Å². The van der Waals surface area contributed by atoms with E-state index in [1.165, 1.54) is 19.2 Å². The number of rotatable bonds is 9. The summed E-state index contributed by atoms with van der Waals surface area (Å²) in [6.45, 7) is 2.26. The summed E-state index contributed by atoms with van der Waals surface area (Å²) >= 11 is 0. The zero-order valence-corrected chi connectivity index (χ0v) is 15.5. The fourth-order valence-corrected chi connectivity index (χ4v) is 2.55. The minimum Gasteiger partial charge on any atom is -0.493 e. The molecule has 2 rings (SSSR count). The third-order valence-corrected chi connectivity index (χ3v) is 4.03. The van der Waals surface area contributed by atoms with Crippen molar-refractivity contribution in [2.75, 3.05) is 13.7 Å². The number of methoxy groups -OCH3 is 1. The molecule has 0 saturated heterocycles. The molecule has 0 saturated carbocycles. The first-order valence-corrected chi connectivity index (χ1v) is 8.79. The van der Waals surface area contributed by atoms with Gasteiger partial charge in [0.15, 0.2) is 0 Å². The molecule has 1 N–H and O–H groups in total. The van der Waals surface area contributed by atoms with Gasteiger partial charge >= 0.3 is 5.97 Å². The van der Waals surface area contributed by atoms with E-state index in [-0.39, 0.29) is 24.6 Å². The number of hydrogen-bond acceptors (Lipinski definition) is 4. The monoisotopic (exact) mass is 373 g/mol. The molecule has 2 aromatic rings. The molecule has 0 radical (unpaired) electrons. The molecule has 0 aliphatic carbocycles. The second kappa shape index (κ2) is 10.3. The molecule has 1 amide bonds. The quantitative estimate of drug-likeness (QED) is 0.538. The Labute approximate surface area is 158 Å². The van der Waals surface area contributed by atoms with Gasteiger partial charge in [0.1, 0.15) is 11.6 Å². The largest absolute Gasteiger partial charge is 0.493 e. The van der Waals surface area contributed by atoms with Crippen molar-refractivity contribution in [2.45, 2.75) is 32.2 Å². The number of carbonyl (C=O) groups is 2. The van der Waals surface area contributed by atoms with Crippen molar-refractivity contribution in [3.8, 4) is 5.75 Å². The maximum absolute atomic E-state index is 13.1. The minimum atomic E-state index is -0.449. The first-order valence-electron chi connectivity index (χ1n) is 8.79. The van der Waals surface area contributed by atoms with Crippen LogP contribution in [-0.4, -0.2) is 25.6 Å². The van der Waals surface area contributed by atoms with Crippen LogP contribution in [0, 0.1) is 12.7 Å². The van der Waals surface area contributed by atoms with Gasteiger partial charge in [-0.3, -0.25) is 9.59 Å². The number of aryl methyl sites for hydroxylation is 1. The summed E-state index contributed by atoms with van der Waals surface area (Å²) in [6, 6.07) is 13.0. The van der Waals surface area contributed by atoms with Crippen molar-refractivity contribution in [2.24, 2.45) is 0 Å². The van der Waals surface area contributed by atoms with Crippen LogP contribution >= 0.6 is 0 Å². The second-order valence-corrected chi connectivity index (χ2v) is 6.22. The van der Waals surface area contributed by atoms with E-state index in [0.29, 0.717) is 18.8 Å². The van der Waals surface area contributed by atoms with Gasteiger partial charge in [-0.25, -0.2) is 4.39 Å². The Kier molecular flexibility index (Phi) is 7.79. The van der Waals surface area contributed by atoms with Crippen LogP contribution in [-0.2, 0) is 14.3 Å². The Morgan fingerprint density at radius 3 is 2.56 bits per heavy atom. The van der Waals surface area contributed by atoms with Crippen LogP contribution in [0.3, 0.4) is 0 Å². The molecule has 6 heteroatoms. The molecule has 144 valence electrons. The predicted molar refractivity (Wildman–Crippen MR) is 99.8 cm³/mol. The van der Waals surface area contributed by atoms with Gasteiger partial charge in [-0.2, -0.15) is 0 Å². The van der Waals surface area contributed by atoms with Crippen molar-refractivity contribution in [3.63, 3.8) is 0 Å². The molecular formula is C21H24FNO4. The van der Waals surface area contributed by atoms with Gasteiger partial charge in [0.25, 0.3) is 0 Å². The Balaban J connectivity index is 1.85. The van der Waals surface area contributed by atoms with E-state index in [2.05, 4.69) is 5.32 Å². The predicted octanol–water partition coefficient (Wildman–Crippen LogP) is 3.71.